The Morgan fingerprint density at radius 3 is 2.58 bits per heavy atom. The molecule has 2 N–H and O–H groups in total. The van der Waals surface area contributed by atoms with Crippen LogP contribution in [-0.4, -0.2) is 56.8 Å². The molecule has 0 aliphatic carbocycles. The number of aromatic hydroxyl groups is 1. The summed E-state index contributed by atoms with van der Waals surface area (Å²) in [6.07, 6.45) is 5.35. The lowest BCUT2D eigenvalue weighted by molar-refractivity contribution is 0.296. The van der Waals surface area contributed by atoms with E-state index in [1.165, 1.54) is 12.1 Å². The first kappa shape index (κ1) is 24.6. The first-order valence-electron chi connectivity index (χ1n) is 13.3. The molecule has 0 radical (unpaired) electrons. The Morgan fingerprint density at radius 1 is 0.950 bits per heavy atom. The van der Waals surface area contributed by atoms with Gasteiger partial charge in [-0.1, -0.05) is 24.3 Å². The van der Waals surface area contributed by atoms with Crippen LogP contribution >= 0.6 is 0 Å². The third kappa shape index (κ3) is 4.54. The van der Waals surface area contributed by atoms with Gasteiger partial charge in [0.05, 0.1) is 18.2 Å². The summed E-state index contributed by atoms with van der Waals surface area (Å²) in [5.74, 6) is -0.415. The minimum atomic E-state index is -0.611. The highest BCUT2D eigenvalue weighted by Gasteiger charge is 2.34. The molecule has 0 amide bonds. The average molecular weight is 541 g/mol. The monoisotopic (exact) mass is 540 g/mol. The number of piperazine rings is 1. The number of halogens is 2. The molecule has 2 bridgehead atoms. The van der Waals surface area contributed by atoms with Gasteiger partial charge in [-0.3, -0.25) is 9.97 Å². The number of anilines is 1. The maximum absolute atomic E-state index is 16.4. The van der Waals surface area contributed by atoms with Gasteiger partial charge in [-0.15, -0.1) is 0 Å². The van der Waals surface area contributed by atoms with Crippen molar-refractivity contribution in [2.75, 3.05) is 24.6 Å². The number of rotatable bonds is 6. The van der Waals surface area contributed by atoms with Gasteiger partial charge < -0.3 is 20.1 Å². The van der Waals surface area contributed by atoms with Crippen LogP contribution in [0.2, 0.25) is 0 Å². The lowest BCUT2D eigenvalue weighted by atomic mass is 10.0. The van der Waals surface area contributed by atoms with Gasteiger partial charge in [0, 0.05) is 49.0 Å². The fourth-order valence-corrected chi connectivity index (χ4v) is 5.78. The quantitative estimate of drug-likeness (QED) is 0.318. The van der Waals surface area contributed by atoms with Crippen molar-refractivity contribution in [3.05, 3.63) is 78.3 Å². The highest BCUT2D eigenvalue weighted by Crippen LogP contribution is 2.37. The second-order valence-corrected chi connectivity index (χ2v) is 10.3. The molecule has 2 aliphatic rings. The van der Waals surface area contributed by atoms with Crippen LogP contribution in [0.3, 0.4) is 0 Å². The number of aromatic nitrogens is 4. The molecule has 2 aromatic carbocycles. The van der Waals surface area contributed by atoms with Crippen molar-refractivity contribution >= 4 is 27.5 Å². The SMILES string of the molecule is Oc1cc(-c2ncc3c(N4C[C@H]5CC[C@@H](C4)N5)nc(OCCc4ccc(F)cn4)nc3c2F)c2ccccc2c1. The largest absolute Gasteiger partial charge is 0.508 e. The smallest absolute Gasteiger partial charge is 0.319 e. The zero-order valence-electron chi connectivity index (χ0n) is 21.5. The normalized spacial score (nSPS) is 18.5. The minimum Gasteiger partial charge on any atom is -0.508 e. The van der Waals surface area contributed by atoms with Crippen LogP contribution in [0.1, 0.15) is 18.5 Å². The molecule has 2 atom stereocenters. The van der Waals surface area contributed by atoms with Crippen molar-refractivity contribution in [1.29, 1.82) is 0 Å². The van der Waals surface area contributed by atoms with Crippen molar-refractivity contribution in [3.8, 4) is 23.0 Å². The van der Waals surface area contributed by atoms with Crippen LogP contribution in [0.25, 0.3) is 32.9 Å². The van der Waals surface area contributed by atoms with E-state index in [-0.39, 0.29) is 29.6 Å². The summed E-state index contributed by atoms with van der Waals surface area (Å²) in [6, 6.07) is 14.3. The maximum atomic E-state index is 16.4. The van der Waals surface area contributed by atoms with Gasteiger partial charge in [-0.2, -0.15) is 9.97 Å². The molecular formula is C30H26F2N6O2. The number of nitrogens with one attached hydrogen (secondary N) is 1. The average Bonchev–Trinajstić information content (AvgIpc) is 3.30. The predicted molar refractivity (Wildman–Crippen MR) is 147 cm³/mol. The Kier molecular flexibility index (Phi) is 6.11. The van der Waals surface area contributed by atoms with E-state index >= 15 is 4.39 Å². The van der Waals surface area contributed by atoms with Crippen molar-refractivity contribution in [2.24, 2.45) is 0 Å². The number of hydrogen-bond acceptors (Lipinski definition) is 8. The zero-order valence-corrected chi connectivity index (χ0v) is 21.5. The minimum absolute atomic E-state index is 0.0214. The topological polar surface area (TPSA) is 96.3 Å². The van der Waals surface area contributed by atoms with Gasteiger partial charge >= 0.3 is 6.01 Å². The highest BCUT2D eigenvalue weighted by atomic mass is 19.1. The molecule has 10 heteroatoms. The fourth-order valence-electron chi connectivity index (χ4n) is 5.78. The molecule has 202 valence electrons. The summed E-state index contributed by atoms with van der Waals surface area (Å²) < 4.78 is 35.5. The Morgan fingerprint density at radius 2 is 1.77 bits per heavy atom. The predicted octanol–water partition coefficient (Wildman–Crippen LogP) is 4.79. The third-order valence-corrected chi connectivity index (χ3v) is 7.64. The van der Waals surface area contributed by atoms with E-state index < -0.39 is 11.6 Å². The molecule has 2 fully saturated rings. The van der Waals surface area contributed by atoms with E-state index in [4.69, 9.17) is 9.72 Å². The Balaban J connectivity index is 1.31. The summed E-state index contributed by atoms with van der Waals surface area (Å²) in [5.41, 5.74) is 1.32. The molecule has 8 nitrogen and oxygen atoms in total. The number of ether oxygens (including phenoxy) is 1. The highest BCUT2D eigenvalue weighted by molar-refractivity contribution is 5.99. The summed E-state index contributed by atoms with van der Waals surface area (Å²) in [6.45, 7) is 1.66. The van der Waals surface area contributed by atoms with Gasteiger partial charge in [-0.25, -0.2) is 8.78 Å². The number of hydrogen-bond donors (Lipinski definition) is 2. The van der Waals surface area contributed by atoms with Crippen LogP contribution in [0.5, 0.6) is 11.8 Å². The van der Waals surface area contributed by atoms with E-state index in [1.807, 2.05) is 24.3 Å². The lowest BCUT2D eigenvalue weighted by Crippen LogP contribution is -2.51. The Hall–Kier alpha value is -4.44. The standard InChI is InChI=1S/C30H26F2N6O2/c31-18-5-6-19(33-13-18)9-10-40-30-36-28-25(29(37-30)38-15-20-7-8-21(16-38)35-20)14-34-27(26(28)32)24-12-22(39)11-17-3-1-2-4-23(17)24/h1-6,11-14,20-21,35,39H,7-10,15-16H2/t20-,21+. The van der Waals surface area contributed by atoms with Crippen LogP contribution < -0.4 is 15.0 Å². The molecule has 0 unspecified atom stereocenters. The first-order valence-corrected chi connectivity index (χ1v) is 13.3. The molecular weight excluding hydrogens is 514 g/mol. The third-order valence-electron chi connectivity index (χ3n) is 7.64. The second-order valence-electron chi connectivity index (χ2n) is 10.3. The van der Waals surface area contributed by atoms with Crippen LogP contribution in [-0.2, 0) is 6.42 Å². The number of phenolic OH excluding ortho intramolecular Hbond substituents is 1. The summed E-state index contributed by atoms with van der Waals surface area (Å²) in [5, 5.41) is 16.0. The summed E-state index contributed by atoms with van der Waals surface area (Å²) >= 11 is 0. The Labute approximate surface area is 228 Å². The van der Waals surface area contributed by atoms with Gasteiger partial charge in [-0.05, 0) is 47.9 Å². The number of phenols is 1. The van der Waals surface area contributed by atoms with Gasteiger partial charge in [0.25, 0.3) is 0 Å². The van der Waals surface area contributed by atoms with Crippen LogP contribution in [0.4, 0.5) is 14.6 Å². The van der Waals surface area contributed by atoms with Crippen molar-refractivity contribution in [3.63, 3.8) is 0 Å². The number of fused-ring (bicyclic) bond motifs is 4. The molecule has 2 saturated heterocycles. The number of pyridine rings is 2. The maximum Gasteiger partial charge on any atom is 0.319 e. The van der Waals surface area contributed by atoms with Crippen molar-refractivity contribution in [2.45, 2.75) is 31.3 Å². The summed E-state index contributed by atoms with van der Waals surface area (Å²) in [4.78, 5) is 19.9. The van der Waals surface area contributed by atoms with Crippen LogP contribution in [0, 0.1) is 11.6 Å². The van der Waals surface area contributed by atoms with Gasteiger partial charge in [0.1, 0.15) is 28.6 Å². The fraction of sp³-hybridized carbons (Fsp3) is 0.267. The number of nitrogens with zero attached hydrogens (tertiary/aromatic N) is 5. The molecule has 3 aromatic heterocycles. The van der Waals surface area contributed by atoms with E-state index in [9.17, 15) is 9.50 Å². The van der Waals surface area contributed by atoms with E-state index in [0.29, 0.717) is 41.0 Å². The van der Waals surface area contributed by atoms with E-state index in [2.05, 4.69) is 25.2 Å². The zero-order chi connectivity index (χ0) is 27.2. The molecule has 40 heavy (non-hydrogen) atoms. The second kappa shape index (κ2) is 9.95. The van der Waals surface area contributed by atoms with E-state index in [1.54, 1.807) is 18.3 Å². The summed E-state index contributed by atoms with van der Waals surface area (Å²) in [7, 11) is 0. The van der Waals surface area contributed by atoms with Gasteiger partial charge in [0.2, 0.25) is 0 Å². The molecule has 0 spiro atoms. The molecule has 5 heterocycles. The molecule has 0 saturated carbocycles. The number of benzene rings is 2. The van der Waals surface area contributed by atoms with Crippen molar-refractivity contribution < 1.29 is 18.6 Å². The molecule has 5 aromatic rings. The first-order chi connectivity index (χ1) is 19.5. The van der Waals surface area contributed by atoms with Gasteiger partial charge in [0.15, 0.2) is 5.82 Å². The Bertz CT molecular complexity index is 1720. The molecule has 7 rings (SSSR count). The molecule has 2 aliphatic heterocycles. The van der Waals surface area contributed by atoms with Crippen LogP contribution in [0.15, 0.2) is 60.9 Å². The lowest BCUT2D eigenvalue weighted by Gasteiger charge is -2.34. The van der Waals surface area contributed by atoms with E-state index in [0.717, 1.165) is 42.9 Å². The van der Waals surface area contributed by atoms with Crippen molar-refractivity contribution in [1.82, 2.24) is 25.3 Å².